The fraction of sp³-hybridized carbons (Fsp3) is 0.667. The zero-order valence-electron chi connectivity index (χ0n) is 15.8. The molecular formula is C21H33N3O2. The number of hydrogen-bond acceptors (Lipinski definition) is 4. The second kappa shape index (κ2) is 10.0. The van der Waals surface area contributed by atoms with E-state index in [1.54, 1.807) is 0 Å². The van der Waals surface area contributed by atoms with Gasteiger partial charge in [0.25, 0.3) is 0 Å². The highest BCUT2D eigenvalue weighted by Crippen LogP contribution is 2.23. The van der Waals surface area contributed by atoms with E-state index in [1.807, 2.05) is 6.07 Å². The molecule has 0 aromatic heterocycles. The molecule has 2 saturated heterocycles. The molecule has 2 heterocycles. The summed E-state index contributed by atoms with van der Waals surface area (Å²) in [5.41, 5.74) is 6.81. The minimum Gasteiger partial charge on any atom is -0.378 e. The van der Waals surface area contributed by atoms with Crippen molar-refractivity contribution in [3.63, 3.8) is 0 Å². The Hall–Kier alpha value is -1.43. The quantitative estimate of drug-likeness (QED) is 0.760. The molecule has 2 fully saturated rings. The van der Waals surface area contributed by atoms with Crippen LogP contribution in [0.1, 0.15) is 44.1 Å². The van der Waals surface area contributed by atoms with Crippen LogP contribution in [-0.4, -0.2) is 60.6 Å². The van der Waals surface area contributed by atoms with Crippen LogP contribution in [0.2, 0.25) is 0 Å². The number of likely N-dealkylation sites (tertiary alicyclic amines) is 2. The van der Waals surface area contributed by atoms with Gasteiger partial charge in [0.2, 0.25) is 5.91 Å². The molecule has 1 aromatic rings. The maximum atomic E-state index is 13.1. The highest BCUT2D eigenvalue weighted by atomic mass is 16.5. The smallest absolute Gasteiger partial charge is 0.239 e. The summed E-state index contributed by atoms with van der Waals surface area (Å²) in [4.78, 5) is 17.6. The summed E-state index contributed by atoms with van der Waals surface area (Å²) >= 11 is 0. The van der Waals surface area contributed by atoms with Crippen LogP contribution in [0.15, 0.2) is 30.3 Å². The van der Waals surface area contributed by atoms with Gasteiger partial charge in [0.1, 0.15) is 0 Å². The average Bonchev–Trinajstić information content (AvgIpc) is 2.69. The lowest BCUT2D eigenvalue weighted by Crippen LogP contribution is -2.52. The molecule has 2 aliphatic rings. The first-order chi connectivity index (χ1) is 12.8. The highest BCUT2D eigenvalue weighted by molar-refractivity contribution is 5.82. The van der Waals surface area contributed by atoms with Crippen LogP contribution < -0.4 is 5.73 Å². The van der Waals surface area contributed by atoms with E-state index in [0.29, 0.717) is 12.5 Å². The Morgan fingerprint density at radius 2 is 1.85 bits per heavy atom. The van der Waals surface area contributed by atoms with Gasteiger partial charge in [-0.3, -0.25) is 9.69 Å². The summed E-state index contributed by atoms with van der Waals surface area (Å²) in [6.07, 6.45) is 6.42. The first-order valence-electron chi connectivity index (χ1n) is 10.2. The number of rotatable bonds is 7. The molecule has 5 nitrogen and oxygen atoms in total. The van der Waals surface area contributed by atoms with Crippen LogP contribution in [-0.2, 0) is 16.1 Å². The minimum absolute atomic E-state index is 0.0404. The summed E-state index contributed by atoms with van der Waals surface area (Å²) in [5.74, 6) is 0.320. The van der Waals surface area contributed by atoms with Gasteiger partial charge in [0, 0.05) is 26.2 Å². The van der Waals surface area contributed by atoms with Gasteiger partial charge in [0.05, 0.1) is 12.1 Å². The van der Waals surface area contributed by atoms with E-state index in [9.17, 15) is 4.79 Å². The molecule has 1 aromatic carbocycles. The van der Waals surface area contributed by atoms with E-state index < -0.39 is 0 Å². The number of carbonyl (C=O) groups is 1. The van der Waals surface area contributed by atoms with Crippen LogP contribution >= 0.6 is 0 Å². The number of benzene rings is 1. The molecule has 0 saturated carbocycles. The van der Waals surface area contributed by atoms with Crippen LogP contribution in [0, 0.1) is 0 Å². The molecule has 0 bridgehead atoms. The third kappa shape index (κ3) is 5.29. The van der Waals surface area contributed by atoms with Crippen molar-refractivity contribution >= 4 is 5.91 Å². The third-order valence-corrected chi connectivity index (χ3v) is 5.58. The Bertz CT molecular complexity index is 543. The Kier molecular flexibility index (Phi) is 7.47. The molecule has 144 valence electrons. The third-order valence-electron chi connectivity index (χ3n) is 5.58. The van der Waals surface area contributed by atoms with Crippen molar-refractivity contribution in [2.24, 2.45) is 5.73 Å². The maximum absolute atomic E-state index is 13.1. The van der Waals surface area contributed by atoms with Crippen LogP contribution in [0.4, 0.5) is 0 Å². The van der Waals surface area contributed by atoms with Crippen LogP contribution in [0.5, 0.6) is 0 Å². The zero-order chi connectivity index (χ0) is 18.2. The van der Waals surface area contributed by atoms with Crippen molar-refractivity contribution in [3.8, 4) is 0 Å². The predicted octanol–water partition coefficient (Wildman–Crippen LogP) is 2.40. The molecule has 0 aliphatic carbocycles. The Morgan fingerprint density at radius 1 is 1.08 bits per heavy atom. The largest absolute Gasteiger partial charge is 0.378 e. The van der Waals surface area contributed by atoms with Gasteiger partial charge < -0.3 is 15.4 Å². The molecule has 0 spiro atoms. The lowest BCUT2D eigenvalue weighted by atomic mass is 9.98. The van der Waals surface area contributed by atoms with E-state index in [-0.39, 0.29) is 12.1 Å². The molecule has 1 atom stereocenters. The van der Waals surface area contributed by atoms with Gasteiger partial charge in [0.15, 0.2) is 0 Å². The Balaban J connectivity index is 1.52. The number of amides is 1. The molecule has 3 rings (SSSR count). The van der Waals surface area contributed by atoms with Crippen LogP contribution in [0.3, 0.4) is 0 Å². The van der Waals surface area contributed by atoms with Crippen LogP contribution in [0.25, 0.3) is 0 Å². The average molecular weight is 360 g/mol. The molecule has 26 heavy (non-hydrogen) atoms. The summed E-state index contributed by atoms with van der Waals surface area (Å²) in [6.45, 7) is 4.95. The normalized spacial score (nSPS) is 22.5. The second-order valence-electron chi connectivity index (χ2n) is 7.51. The standard InChI is InChI=1S/C21H33N3O2/c22-12-6-16-26-19-10-14-23(15-11-19)21(25)20-9-4-5-13-24(20)17-18-7-2-1-3-8-18/h1-3,7-8,19-20H,4-6,9-17,22H2. The maximum Gasteiger partial charge on any atom is 0.239 e. The van der Waals surface area contributed by atoms with E-state index >= 15 is 0 Å². The van der Waals surface area contributed by atoms with Gasteiger partial charge in [-0.25, -0.2) is 0 Å². The first-order valence-corrected chi connectivity index (χ1v) is 10.2. The van der Waals surface area contributed by atoms with E-state index in [1.165, 1.54) is 12.0 Å². The molecule has 1 amide bonds. The van der Waals surface area contributed by atoms with Crippen molar-refractivity contribution < 1.29 is 9.53 Å². The van der Waals surface area contributed by atoms with Crippen molar-refractivity contribution in [1.82, 2.24) is 9.80 Å². The molecule has 5 heteroatoms. The Labute approximate surface area is 157 Å². The summed E-state index contributed by atoms with van der Waals surface area (Å²) in [5, 5.41) is 0. The van der Waals surface area contributed by atoms with Gasteiger partial charge in [-0.05, 0) is 50.8 Å². The number of ether oxygens (including phenoxy) is 1. The Morgan fingerprint density at radius 3 is 2.58 bits per heavy atom. The number of piperidine rings is 2. The summed E-state index contributed by atoms with van der Waals surface area (Å²) in [6, 6.07) is 10.5. The highest BCUT2D eigenvalue weighted by Gasteiger charge is 2.33. The van der Waals surface area contributed by atoms with Gasteiger partial charge >= 0.3 is 0 Å². The molecule has 2 aliphatic heterocycles. The monoisotopic (exact) mass is 359 g/mol. The van der Waals surface area contributed by atoms with Crippen molar-refractivity contribution in [2.75, 3.05) is 32.8 Å². The number of carbonyl (C=O) groups excluding carboxylic acids is 1. The molecule has 1 unspecified atom stereocenters. The van der Waals surface area contributed by atoms with Crippen molar-refractivity contribution in [2.45, 2.75) is 57.2 Å². The predicted molar refractivity (Wildman–Crippen MR) is 104 cm³/mol. The molecular weight excluding hydrogens is 326 g/mol. The van der Waals surface area contributed by atoms with Gasteiger partial charge in [-0.15, -0.1) is 0 Å². The minimum atomic E-state index is 0.0404. The number of nitrogens with two attached hydrogens (primary N) is 1. The van der Waals surface area contributed by atoms with Gasteiger partial charge in [-0.2, -0.15) is 0 Å². The fourth-order valence-corrected chi connectivity index (χ4v) is 4.06. The lowest BCUT2D eigenvalue weighted by molar-refractivity contribution is -0.141. The van der Waals surface area contributed by atoms with Crippen molar-refractivity contribution in [3.05, 3.63) is 35.9 Å². The summed E-state index contributed by atoms with van der Waals surface area (Å²) < 4.78 is 5.87. The molecule has 2 N–H and O–H groups in total. The van der Waals surface area contributed by atoms with E-state index in [2.05, 4.69) is 34.1 Å². The van der Waals surface area contributed by atoms with Gasteiger partial charge in [-0.1, -0.05) is 36.8 Å². The lowest BCUT2D eigenvalue weighted by Gasteiger charge is -2.40. The zero-order valence-corrected chi connectivity index (χ0v) is 15.8. The van der Waals surface area contributed by atoms with E-state index in [4.69, 9.17) is 10.5 Å². The fourth-order valence-electron chi connectivity index (χ4n) is 4.06. The van der Waals surface area contributed by atoms with Crippen molar-refractivity contribution in [1.29, 1.82) is 0 Å². The first kappa shape index (κ1) is 19.3. The SMILES string of the molecule is NCCCOC1CCN(C(=O)C2CCCCN2Cc2ccccc2)CC1. The topological polar surface area (TPSA) is 58.8 Å². The summed E-state index contributed by atoms with van der Waals surface area (Å²) in [7, 11) is 0. The van der Waals surface area contributed by atoms with E-state index in [0.717, 1.165) is 64.9 Å². The molecule has 0 radical (unpaired) electrons. The second-order valence-corrected chi connectivity index (χ2v) is 7.51. The number of nitrogens with zero attached hydrogens (tertiary/aromatic N) is 2. The number of hydrogen-bond donors (Lipinski definition) is 1.